The molecule has 0 amide bonds. The highest BCUT2D eigenvalue weighted by molar-refractivity contribution is 6.08. The number of carbonyl (C=O) groups is 1. The zero-order chi connectivity index (χ0) is 16.2. The number of furan rings is 1. The van der Waals surface area contributed by atoms with E-state index in [1.54, 1.807) is 18.2 Å². The number of hydrogen-bond acceptors (Lipinski definition) is 5. The summed E-state index contributed by atoms with van der Waals surface area (Å²) in [5.74, 6) is -1.19. The highest BCUT2D eigenvalue weighted by atomic mass is 19.1. The third kappa shape index (κ3) is 3.18. The Kier molecular flexibility index (Phi) is 4.01. The normalized spacial score (nSPS) is 11.6. The quantitative estimate of drug-likeness (QED) is 0.429. The molecule has 3 rings (SSSR count). The molecule has 0 bridgehead atoms. The number of allylic oxidation sites excluding steroid dienone is 1. The Hall–Kier alpha value is -3.22. The van der Waals surface area contributed by atoms with Crippen molar-refractivity contribution in [3.05, 3.63) is 77.5 Å². The number of rotatable bonds is 5. The average Bonchev–Trinajstić information content (AvgIpc) is 3.20. The van der Waals surface area contributed by atoms with E-state index in [0.717, 1.165) is 6.08 Å². The molecule has 1 aromatic carbocycles. The molecule has 2 aromatic heterocycles. The number of benzene rings is 1. The van der Waals surface area contributed by atoms with Crippen LogP contribution in [0.2, 0.25) is 0 Å². The molecule has 2 N–H and O–H groups in total. The molecule has 7 heteroatoms. The van der Waals surface area contributed by atoms with Gasteiger partial charge in [0.2, 0.25) is 5.82 Å². The fourth-order valence-corrected chi connectivity index (χ4v) is 2.12. The molecule has 0 spiro atoms. The number of aromatic nitrogens is 3. The maximum absolute atomic E-state index is 13.7. The second-order valence-corrected chi connectivity index (χ2v) is 4.80. The van der Waals surface area contributed by atoms with Gasteiger partial charge < -0.3 is 9.52 Å². The van der Waals surface area contributed by atoms with Gasteiger partial charge >= 0.3 is 0 Å². The van der Waals surface area contributed by atoms with Crippen LogP contribution in [-0.2, 0) is 6.42 Å². The number of hydrogen-bond donors (Lipinski definition) is 2. The van der Waals surface area contributed by atoms with Crippen molar-refractivity contribution in [2.45, 2.75) is 6.42 Å². The molecular formula is C16H12FN3O3. The Morgan fingerprint density at radius 1 is 1.30 bits per heavy atom. The number of carbonyl (C=O) groups excluding carboxylic acids is 1. The molecule has 0 fully saturated rings. The lowest BCUT2D eigenvalue weighted by molar-refractivity contribution is 0.104. The summed E-state index contributed by atoms with van der Waals surface area (Å²) in [5, 5.41) is 15.9. The van der Waals surface area contributed by atoms with Gasteiger partial charge in [0.05, 0.1) is 11.8 Å². The van der Waals surface area contributed by atoms with Gasteiger partial charge in [0, 0.05) is 18.1 Å². The van der Waals surface area contributed by atoms with Gasteiger partial charge in [0.1, 0.15) is 18.4 Å². The molecule has 2 heterocycles. The molecule has 0 radical (unpaired) electrons. The minimum Gasteiger partial charge on any atom is -0.504 e. The van der Waals surface area contributed by atoms with Crippen molar-refractivity contribution in [1.82, 2.24) is 15.2 Å². The van der Waals surface area contributed by atoms with E-state index < -0.39 is 5.78 Å². The first kappa shape index (κ1) is 14.7. The lowest BCUT2D eigenvalue weighted by Crippen LogP contribution is -2.01. The molecule has 0 aliphatic rings. The second-order valence-electron chi connectivity index (χ2n) is 4.80. The highest BCUT2D eigenvalue weighted by Gasteiger charge is 2.16. The van der Waals surface area contributed by atoms with Crippen molar-refractivity contribution in [2.24, 2.45) is 0 Å². The van der Waals surface area contributed by atoms with Crippen LogP contribution in [0.5, 0.6) is 0 Å². The van der Waals surface area contributed by atoms with Gasteiger partial charge in [-0.2, -0.15) is 5.10 Å². The first-order valence-corrected chi connectivity index (χ1v) is 6.74. The second kappa shape index (κ2) is 6.27. The minimum absolute atomic E-state index is 0.0116. The molecule has 0 aliphatic carbocycles. The summed E-state index contributed by atoms with van der Waals surface area (Å²) in [6.07, 6.45) is 5.14. The summed E-state index contributed by atoms with van der Waals surface area (Å²) in [7, 11) is 0. The van der Waals surface area contributed by atoms with E-state index in [0.29, 0.717) is 11.1 Å². The predicted molar refractivity (Wildman–Crippen MR) is 79.2 cm³/mol. The lowest BCUT2D eigenvalue weighted by atomic mass is 10.0. The Bertz CT molecular complexity index is 853. The molecule has 0 atom stereocenters. The van der Waals surface area contributed by atoms with Gasteiger partial charge in [-0.25, -0.2) is 9.37 Å². The van der Waals surface area contributed by atoms with E-state index in [9.17, 15) is 14.3 Å². The van der Waals surface area contributed by atoms with Crippen LogP contribution in [0.1, 0.15) is 27.3 Å². The lowest BCUT2D eigenvalue weighted by Gasteiger charge is -2.02. The summed E-state index contributed by atoms with van der Waals surface area (Å²) in [6.45, 7) is 0. The van der Waals surface area contributed by atoms with Crippen molar-refractivity contribution in [3.8, 4) is 0 Å². The van der Waals surface area contributed by atoms with E-state index in [1.165, 1.54) is 24.9 Å². The van der Waals surface area contributed by atoms with Crippen molar-refractivity contribution in [1.29, 1.82) is 0 Å². The number of ketones is 1. The first-order valence-electron chi connectivity index (χ1n) is 6.74. The molecule has 0 saturated carbocycles. The number of H-pyrrole nitrogens is 1. The smallest absolute Gasteiger partial charge is 0.215 e. The number of nitrogens with zero attached hydrogens (tertiary/aromatic N) is 2. The van der Waals surface area contributed by atoms with E-state index in [1.807, 2.05) is 0 Å². The van der Waals surface area contributed by atoms with Gasteiger partial charge in [0.25, 0.3) is 0 Å². The molecule has 0 unspecified atom stereocenters. The Morgan fingerprint density at radius 2 is 2.13 bits per heavy atom. The number of aliphatic hydroxyl groups is 1. The predicted octanol–water partition coefficient (Wildman–Crippen LogP) is 2.91. The summed E-state index contributed by atoms with van der Waals surface area (Å²) in [5.41, 5.74) is 1.22. The molecule has 116 valence electrons. The monoisotopic (exact) mass is 313 g/mol. The first-order chi connectivity index (χ1) is 11.1. The zero-order valence-electron chi connectivity index (χ0n) is 11.9. The minimum atomic E-state index is -0.479. The third-order valence-corrected chi connectivity index (χ3v) is 3.26. The Labute approximate surface area is 130 Å². The highest BCUT2D eigenvalue weighted by Crippen LogP contribution is 2.19. The zero-order valence-corrected chi connectivity index (χ0v) is 11.9. The van der Waals surface area contributed by atoms with E-state index in [4.69, 9.17) is 4.42 Å². The van der Waals surface area contributed by atoms with Gasteiger partial charge in [-0.1, -0.05) is 18.2 Å². The van der Waals surface area contributed by atoms with Gasteiger partial charge in [-0.15, -0.1) is 0 Å². The van der Waals surface area contributed by atoms with Crippen LogP contribution in [0.3, 0.4) is 0 Å². The molecule has 23 heavy (non-hydrogen) atoms. The van der Waals surface area contributed by atoms with Crippen LogP contribution in [-0.4, -0.2) is 26.1 Å². The standard InChI is InChI=1S/C16H12FN3O3/c17-13-4-2-1-3-10(13)5-11-7-23-8-12(11)14(21)6-15(22)16-18-9-19-20-16/h1-4,6-9,22H,5H2,(H,18,19,20). The molecule has 3 aromatic rings. The van der Waals surface area contributed by atoms with E-state index >= 15 is 0 Å². The van der Waals surface area contributed by atoms with Gasteiger partial charge in [-0.05, 0) is 11.6 Å². The van der Waals surface area contributed by atoms with Crippen LogP contribution in [0.25, 0.3) is 5.76 Å². The molecule has 0 aliphatic heterocycles. The number of aliphatic hydroxyl groups excluding tert-OH is 1. The third-order valence-electron chi connectivity index (χ3n) is 3.26. The topological polar surface area (TPSA) is 92.0 Å². The van der Waals surface area contributed by atoms with E-state index in [-0.39, 0.29) is 29.4 Å². The maximum Gasteiger partial charge on any atom is 0.215 e. The van der Waals surface area contributed by atoms with E-state index in [2.05, 4.69) is 15.2 Å². The SMILES string of the molecule is O=C(C=C(O)c1nc[nH]n1)c1cocc1Cc1ccccc1F. The number of nitrogens with one attached hydrogen (secondary N) is 1. The number of halogens is 1. The molecule has 6 nitrogen and oxygen atoms in total. The summed E-state index contributed by atoms with van der Waals surface area (Å²) < 4.78 is 18.8. The van der Waals surface area contributed by atoms with Crippen LogP contribution >= 0.6 is 0 Å². The fourth-order valence-electron chi connectivity index (χ4n) is 2.12. The van der Waals surface area contributed by atoms with Gasteiger partial charge in [0.15, 0.2) is 11.5 Å². The van der Waals surface area contributed by atoms with Crippen LogP contribution < -0.4 is 0 Å². The number of aromatic amines is 1. The van der Waals surface area contributed by atoms with Crippen LogP contribution in [0.15, 0.2) is 53.6 Å². The summed E-state index contributed by atoms with van der Waals surface area (Å²) in [6, 6.07) is 6.30. The van der Waals surface area contributed by atoms with Crippen molar-refractivity contribution in [2.75, 3.05) is 0 Å². The molecule has 0 saturated heterocycles. The maximum atomic E-state index is 13.7. The van der Waals surface area contributed by atoms with Crippen molar-refractivity contribution < 1.29 is 18.7 Å². The Balaban J connectivity index is 1.85. The van der Waals surface area contributed by atoms with Crippen molar-refractivity contribution >= 4 is 11.5 Å². The summed E-state index contributed by atoms with van der Waals surface area (Å²) in [4.78, 5) is 16.0. The summed E-state index contributed by atoms with van der Waals surface area (Å²) >= 11 is 0. The Morgan fingerprint density at radius 3 is 2.87 bits per heavy atom. The van der Waals surface area contributed by atoms with Crippen LogP contribution in [0.4, 0.5) is 4.39 Å². The van der Waals surface area contributed by atoms with Gasteiger partial charge in [-0.3, -0.25) is 9.89 Å². The average molecular weight is 313 g/mol. The molecular weight excluding hydrogens is 301 g/mol. The fraction of sp³-hybridized carbons (Fsp3) is 0.0625. The van der Waals surface area contributed by atoms with Crippen molar-refractivity contribution in [3.63, 3.8) is 0 Å². The largest absolute Gasteiger partial charge is 0.504 e. The van der Waals surface area contributed by atoms with Crippen LogP contribution in [0, 0.1) is 5.82 Å².